The van der Waals surface area contributed by atoms with Gasteiger partial charge in [-0.1, -0.05) is 35.9 Å². The molecule has 2 aromatic carbocycles. The number of nitrogens with zero attached hydrogens (tertiary/aromatic N) is 2. The molecule has 1 N–H and O–H groups in total. The molecule has 2 aliphatic rings. The maximum atomic E-state index is 14.1. The van der Waals surface area contributed by atoms with E-state index in [9.17, 15) is 14.0 Å². The van der Waals surface area contributed by atoms with Crippen LogP contribution in [-0.2, 0) is 9.53 Å². The van der Waals surface area contributed by atoms with Crippen molar-refractivity contribution in [2.24, 2.45) is 5.92 Å². The van der Waals surface area contributed by atoms with Crippen LogP contribution in [0.15, 0.2) is 48.8 Å². The number of aromatic nitrogens is 1. The molecule has 4 unspecified atom stereocenters. The highest BCUT2D eigenvalue weighted by Crippen LogP contribution is 2.44. The van der Waals surface area contributed by atoms with Crippen LogP contribution < -0.4 is 15.0 Å². The second-order valence-corrected chi connectivity index (χ2v) is 8.98. The van der Waals surface area contributed by atoms with Crippen LogP contribution in [0.1, 0.15) is 24.3 Å². The van der Waals surface area contributed by atoms with Gasteiger partial charge < -0.3 is 14.8 Å². The van der Waals surface area contributed by atoms with E-state index in [0.717, 1.165) is 10.8 Å². The Labute approximate surface area is 200 Å². The van der Waals surface area contributed by atoms with Gasteiger partial charge in [0.15, 0.2) is 11.6 Å². The molecule has 1 saturated carbocycles. The molecule has 9 heteroatoms. The van der Waals surface area contributed by atoms with Crippen LogP contribution in [0.25, 0.3) is 10.8 Å². The van der Waals surface area contributed by atoms with Crippen molar-refractivity contribution < 1.29 is 23.5 Å². The molecule has 176 valence electrons. The van der Waals surface area contributed by atoms with Crippen molar-refractivity contribution >= 4 is 40.0 Å². The zero-order valence-corrected chi connectivity index (χ0v) is 19.4. The van der Waals surface area contributed by atoms with E-state index >= 15 is 0 Å². The topological polar surface area (TPSA) is 80.8 Å². The molecule has 0 radical (unpaired) electrons. The largest absolute Gasteiger partial charge is 0.494 e. The number of urea groups is 1. The number of amides is 3. The van der Waals surface area contributed by atoms with Gasteiger partial charge in [-0.15, -0.1) is 0 Å². The lowest BCUT2D eigenvalue weighted by Crippen LogP contribution is -2.63. The molecular weight excluding hydrogens is 461 g/mol. The molecule has 2 heterocycles. The van der Waals surface area contributed by atoms with E-state index in [0.29, 0.717) is 24.1 Å². The van der Waals surface area contributed by atoms with Gasteiger partial charge in [0.25, 0.3) is 0 Å². The Hall–Kier alpha value is -3.23. The van der Waals surface area contributed by atoms with Gasteiger partial charge >= 0.3 is 6.03 Å². The van der Waals surface area contributed by atoms with Gasteiger partial charge in [-0.3, -0.25) is 9.78 Å². The first-order chi connectivity index (χ1) is 16.4. The molecular formula is C25H23ClFN3O4. The van der Waals surface area contributed by atoms with Gasteiger partial charge in [-0.2, -0.15) is 0 Å². The smallest absolute Gasteiger partial charge is 0.329 e. The predicted molar refractivity (Wildman–Crippen MR) is 126 cm³/mol. The molecule has 0 spiro atoms. The molecule has 3 aromatic rings. The Balaban J connectivity index is 1.48. The average molecular weight is 484 g/mol. The molecule has 34 heavy (non-hydrogen) atoms. The fourth-order valence-corrected chi connectivity index (χ4v) is 5.46. The third-order valence-corrected chi connectivity index (χ3v) is 7.17. The standard InChI is InChI=1S/C25H23ClFN3O4/c1-33-22-9-17-20(7-16(22)15-8-23(34-2)19(27)10-18(15)26)29-25(32)30(24(17)31)21-12-28-11-13-5-3-4-6-14(13)21/h3-6,8,10-12,16-17,20,22H,7,9H2,1-2H3,(H,29,32). The Morgan fingerprint density at radius 3 is 2.68 bits per heavy atom. The van der Waals surface area contributed by atoms with Crippen LogP contribution in [-0.4, -0.2) is 43.3 Å². The second-order valence-electron chi connectivity index (χ2n) is 8.58. The van der Waals surface area contributed by atoms with E-state index in [4.69, 9.17) is 21.1 Å². The van der Waals surface area contributed by atoms with Crippen LogP contribution in [0.4, 0.5) is 14.9 Å². The van der Waals surface area contributed by atoms with Crippen molar-refractivity contribution in [1.82, 2.24) is 10.3 Å². The Morgan fingerprint density at radius 2 is 1.91 bits per heavy atom. The summed E-state index contributed by atoms with van der Waals surface area (Å²) >= 11 is 6.38. The van der Waals surface area contributed by atoms with Gasteiger partial charge in [-0.05, 0) is 30.5 Å². The quantitative estimate of drug-likeness (QED) is 0.583. The maximum Gasteiger partial charge on any atom is 0.329 e. The lowest BCUT2D eigenvalue weighted by Gasteiger charge is -2.45. The Morgan fingerprint density at radius 1 is 1.12 bits per heavy atom. The summed E-state index contributed by atoms with van der Waals surface area (Å²) in [5.74, 6) is -1.52. The molecule has 0 bridgehead atoms. The van der Waals surface area contributed by atoms with E-state index in [1.807, 2.05) is 24.3 Å². The molecule has 7 nitrogen and oxygen atoms in total. The summed E-state index contributed by atoms with van der Waals surface area (Å²) in [6.07, 6.45) is 3.65. The van der Waals surface area contributed by atoms with Crippen LogP contribution in [0.5, 0.6) is 5.75 Å². The van der Waals surface area contributed by atoms with Gasteiger partial charge in [0.1, 0.15) is 0 Å². The summed E-state index contributed by atoms with van der Waals surface area (Å²) in [6.45, 7) is 0. The minimum absolute atomic E-state index is 0.0785. The van der Waals surface area contributed by atoms with E-state index in [1.54, 1.807) is 19.4 Å². The van der Waals surface area contributed by atoms with Crippen molar-refractivity contribution in [3.63, 3.8) is 0 Å². The fourth-order valence-electron chi connectivity index (χ4n) is 5.17. The molecule has 2 fully saturated rings. The minimum atomic E-state index is -0.556. The zero-order chi connectivity index (χ0) is 24.0. The Bertz CT molecular complexity index is 1280. The highest BCUT2D eigenvalue weighted by atomic mass is 35.5. The van der Waals surface area contributed by atoms with E-state index < -0.39 is 23.8 Å². The summed E-state index contributed by atoms with van der Waals surface area (Å²) < 4.78 is 25.0. The summed E-state index contributed by atoms with van der Waals surface area (Å²) in [4.78, 5) is 32.2. The first-order valence-electron chi connectivity index (χ1n) is 11.0. The number of benzene rings is 2. The number of carbonyl (C=O) groups excluding carboxylic acids is 2. The molecule has 1 saturated heterocycles. The number of rotatable bonds is 4. The molecule has 3 amide bonds. The number of pyridine rings is 1. The van der Waals surface area contributed by atoms with Crippen molar-refractivity contribution in [2.75, 3.05) is 19.1 Å². The monoisotopic (exact) mass is 483 g/mol. The number of hydrogen-bond acceptors (Lipinski definition) is 5. The SMILES string of the molecule is COc1cc(C2CC3NC(=O)N(c4cncc5ccccc45)C(=O)C3CC2OC)c(Cl)cc1F. The van der Waals surface area contributed by atoms with E-state index in [2.05, 4.69) is 10.3 Å². The van der Waals surface area contributed by atoms with Crippen molar-refractivity contribution in [3.05, 3.63) is 65.2 Å². The zero-order valence-electron chi connectivity index (χ0n) is 18.6. The van der Waals surface area contributed by atoms with Gasteiger partial charge in [0, 0.05) is 41.1 Å². The number of ether oxygens (including phenoxy) is 2. The van der Waals surface area contributed by atoms with Crippen LogP contribution in [0.2, 0.25) is 5.02 Å². The highest BCUT2D eigenvalue weighted by Gasteiger charge is 2.49. The first-order valence-corrected chi connectivity index (χ1v) is 11.3. The number of fused-ring (bicyclic) bond motifs is 2. The van der Waals surface area contributed by atoms with Crippen molar-refractivity contribution in [3.8, 4) is 5.75 Å². The third kappa shape index (κ3) is 3.67. The molecule has 5 rings (SSSR count). The lowest BCUT2D eigenvalue weighted by molar-refractivity contribution is -0.126. The second kappa shape index (κ2) is 8.85. The minimum Gasteiger partial charge on any atom is -0.494 e. The number of anilines is 1. The number of halogens is 2. The van der Waals surface area contributed by atoms with Crippen molar-refractivity contribution in [1.29, 1.82) is 0 Å². The van der Waals surface area contributed by atoms with Crippen LogP contribution in [0, 0.1) is 11.7 Å². The number of imide groups is 1. The summed E-state index contributed by atoms with van der Waals surface area (Å²) in [6, 6.07) is 9.34. The number of nitrogens with one attached hydrogen (secondary N) is 1. The maximum absolute atomic E-state index is 14.1. The molecule has 1 aliphatic carbocycles. The normalized spacial score (nSPS) is 24.6. The van der Waals surface area contributed by atoms with Gasteiger partial charge in [0.05, 0.1) is 31.0 Å². The number of methoxy groups -OCH3 is 2. The Kier molecular flexibility index (Phi) is 5.87. The fraction of sp³-hybridized carbons (Fsp3) is 0.320. The molecule has 1 aromatic heterocycles. The van der Waals surface area contributed by atoms with Gasteiger partial charge in [0.2, 0.25) is 5.91 Å². The average Bonchev–Trinajstić information content (AvgIpc) is 2.84. The van der Waals surface area contributed by atoms with Gasteiger partial charge in [-0.25, -0.2) is 14.1 Å². The van der Waals surface area contributed by atoms with Crippen molar-refractivity contribution in [2.45, 2.75) is 30.9 Å². The lowest BCUT2D eigenvalue weighted by atomic mass is 9.72. The van der Waals surface area contributed by atoms with Crippen LogP contribution >= 0.6 is 11.6 Å². The number of carbonyl (C=O) groups is 2. The van der Waals surface area contributed by atoms with E-state index in [-0.39, 0.29) is 28.7 Å². The van der Waals surface area contributed by atoms with Crippen LogP contribution in [0.3, 0.4) is 0 Å². The summed E-state index contributed by atoms with van der Waals surface area (Å²) in [7, 11) is 2.96. The highest BCUT2D eigenvalue weighted by molar-refractivity contribution is 6.31. The predicted octanol–water partition coefficient (Wildman–Crippen LogP) is 4.67. The summed E-state index contributed by atoms with van der Waals surface area (Å²) in [5, 5.41) is 4.85. The first kappa shape index (κ1) is 22.6. The number of hydrogen-bond donors (Lipinski definition) is 1. The molecule has 1 aliphatic heterocycles. The molecule has 4 atom stereocenters. The van der Waals surface area contributed by atoms with E-state index in [1.165, 1.54) is 24.3 Å². The third-order valence-electron chi connectivity index (χ3n) is 6.84. The summed E-state index contributed by atoms with van der Waals surface area (Å²) in [5.41, 5.74) is 1.11.